The minimum absolute atomic E-state index is 0.00132. The number of halogens is 1. The molecule has 1 heterocycles. The van der Waals surface area contributed by atoms with Gasteiger partial charge in [0.1, 0.15) is 5.75 Å². The Labute approximate surface area is 198 Å². The zero-order chi connectivity index (χ0) is 24.0. The summed E-state index contributed by atoms with van der Waals surface area (Å²) in [6, 6.07) is 10.9. The van der Waals surface area contributed by atoms with Crippen molar-refractivity contribution in [2.45, 2.75) is 31.6 Å². The van der Waals surface area contributed by atoms with Crippen molar-refractivity contribution in [1.82, 2.24) is 9.97 Å². The minimum Gasteiger partial charge on any atom is -0.495 e. The van der Waals surface area contributed by atoms with Crippen molar-refractivity contribution in [3.05, 3.63) is 71.0 Å². The van der Waals surface area contributed by atoms with Crippen LogP contribution in [0.4, 0.5) is 11.6 Å². The Morgan fingerprint density at radius 1 is 1.06 bits per heavy atom. The van der Waals surface area contributed by atoms with Crippen LogP contribution in [-0.2, 0) is 27.7 Å². The van der Waals surface area contributed by atoms with Crippen LogP contribution in [0.5, 0.6) is 5.75 Å². The number of anilines is 2. The first-order chi connectivity index (χ1) is 15.7. The summed E-state index contributed by atoms with van der Waals surface area (Å²) in [4.78, 5) is 20.6. The topological polar surface area (TPSA) is 110 Å². The molecular formula is C23H25ClN4O4S. The number of methoxy groups -OCH3 is 1. The number of benzene rings is 2. The van der Waals surface area contributed by atoms with Gasteiger partial charge in [0, 0.05) is 17.4 Å². The first kappa shape index (κ1) is 24.5. The Morgan fingerprint density at radius 3 is 2.33 bits per heavy atom. The third-order valence-corrected chi connectivity index (χ3v) is 6.19. The molecule has 33 heavy (non-hydrogen) atoms. The molecule has 0 fully saturated rings. The molecule has 3 rings (SSSR count). The summed E-state index contributed by atoms with van der Waals surface area (Å²) in [5, 5.41) is 3.21. The lowest BCUT2D eigenvalue weighted by Gasteiger charge is -2.11. The molecule has 0 bridgehead atoms. The van der Waals surface area contributed by atoms with E-state index in [2.05, 4.69) is 33.9 Å². The number of nitrogens with zero attached hydrogens (tertiary/aromatic N) is 2. The van der Waals surface area contributed by atoms with Crippen LogP contribution in [0.15, 0.2) is 59.8 Å². The van der Waals surface area contributed by atoms with Gasteiger partial charge in [0.05, 0.1) is 24.1 Å². The molecule has 0 aliphatic rings. The largest absolute Gasteiger partial charge is 0.495 e. The van der Waals surface area contributed by atoms with E-state index in [4.69, 9.17) is 16.3 Å². The Hall–Kier alpha value is -3.17. The third-order valence-electron chi connectivity index (χ3n) is 4.61. The number of hydrogen-bond donors (Lipinski definition) is 2. The van der Waals surface area contributed by atoms with E-state index in [9.17, 15) is 13.2 Å². The predicted octanol–water partition coefficient (Wildman–Crippen LogP) is 4.32. The monoisotopic (exact) mass is 488 g/mol. The molecule has 10 heteroatoms. The lowest BCUT2D eigenvalue weighted by atomic mass is 10.1. The van der Waals surface area contributed by atoms with E-state index < -0.39 is 10.0 Å². The van der Waals surface area contributed by atoms with Gasteiger partial charge in [0.2, 0.25) is 11.9 Å². The summed E-state index contributed by atoms with van der Waals surface area (Å²) >= 11 is 5.98. The van der Waals surface area contributed by atoms with Gasteiger partial charge in [0.15, 0.2) is 0 Å². The van der Waals surface area contributed by atoms with Crippen molar-refractivity contribution in [2.75, 3.05) is 17.1 Å². The lowest BCUT2D eigenvalue weighted by molar-refractivity contribution is -0.115. The number of carbonyl (C=O) groups excluding carboxylic acids is 1. The van der Waals surface area contributed by atoms with Crippen molar-refractivity contribution < 1.29 is 17.9 Å². The summed E-state index contributed by atoms with van der Waals surface area (Å²) in [6.45, 7) is 4.16. The summed E-state index contributed by atoms with van der Waals surface area (Å²) < 4.78 is 32.9. The van der Waals surface area contributed by atoms with E-state index in [1.165, 1.54) is 19.2 Å². The van der Waals surface area contributed by atoms with Crippen LogP contribution in [0.1, 0.15) is 25.0 Å². The molecule has 0 saturated carbocycles. The predicted molar refractivity (Wildman–Crippen MR) is 128 cm³/mol. The Kier molecular flexibility index (Phi) is 7.88. The number of amides is 1. The average Bonchev–Trinajstić information content (AvgIpc) is 2.75. The smallest absolute Gasteiger partial charge is 0.264 e. The quantitative estimate of drug-likeness (QED) is 0.464. The minimum atomic E-state index is -3.86. The Bertz CT molecular complexity index is 1210. The summed E-state index contributed by atoms with van der Waals surface area (Å²) in [5.74, 6) is 0.643. The molecule has 0 radical (unpaired) electrons. The number of nitrogens with one attached hydrogen (secondary N) is 2. The Balaban J connectivity index is 1.64. The zero-order valence-corrected chi connectivity index (χ0v) is 20.1. The van der Waals surface area contributed by atoms with Crippen molar-refractivity contribution in [1.29, 1.82) is 0 Å². The maximum atomic E-state index is 12.6. The molecule has 2 N–H and O–H groups in total. The van der Waals surface area contributed by atoms with Crippen molar-refractivity contribution in [3.8, 4) is 5.75 Å². The van der Waals surface area contributed by atoms with Gasteiger partial charge in [-0.15, -0.1) is 0 Å². The molecule has 0 spiro atoms. The average molecular weight is 489 g/mol. The van der Waals surface area contributed by atoms with E-state index in [1.807, 2.05) is 0 Å². The highest BCUT2D eigenvalue weighted by atomic mass is 35.5. The molecule has 0 unspecified atom stereocenters. The second-order valence-corrected chi connectivity index (χ2v) is 9.95. The van der Waals surface area contributed by atoms with Gasteiger partial charge in [-0.2, -0.15) is 0 Å². The molecule has 8 nitrogen and oxygen atoms in total. The second-order valence-electron chi connectivity index (χ2n) is 7.83. The number of carbonyl (C=O) groups is 1. The van der Waals surface area contributed by atoms with Crippen molar-refractivity contribution in [2.24, 2.45) is 5.92 Å². The van der Waals surface area contributed by atoms with Crippen LogP contribution in [-0.4, -0.2) is 31.4 Å². The van der Waals surface area contributed by atoms with Gasteiger partial charge in [-0.3, -0.25) is 4.79 Å². The van der Waals surface area contributed by atoms with Gasteiger partial charge >= 0.3 is 0 Å². The number of aromatic nitrogens is 2. The van der Waals surface area contributed by atoms with E-state index in [1.54, 1.807) is 42.7 Å². The van der Waals surface area contributed by atoms with E-state index >= 15 is 0 Å². The third kappa shape index (κ3) is 6.90. The maximum Gasteiger partial charge on any atom is 0.264 e. The van der Waals surface area contributed by atoms with Gasteiger partial charge in [-0.05, 0) is 53.8 Å². The van der Waals surface area contributed by atoms with Crippen molar-refractivity contribution in [3.63, 3.8) is 0 Å². The van der Waals surface area contributed by atoms with E-state index in [-0.39, 0.29) is 23.2 Å². The number of rotatable bonds is 9. The molecule has 0 atom stereocenters. The molecule has 0 aliphatic carbocycles. The van der Waals surface area contributed by atoms with Crippen LogP contribution in [0.25, 0.3) is 0 Å². The highest BCUT2D eigenvalue weighted by molar-refractivity contribution is 7.92. The maximum absolute atomic E-state index is 12.6. The number of ether oxygens (including phenoxy) is 1. The first-order valence-electron chi connectivity index (χ1n) is 10.2. The SMILES string of the molecule is COc1ccc(Cl)cc1NC(=O)Cc1ccc(S(=O)(=O)Nc2ncc(CC(C)C)cn2)cc1. The fourth-order valence-electron chi connectivity index (χ4n) is 3.11. The van der Waals surface area contributed by atoms with Gasteiger partial charge < -0.3 is 10.1 Å². The zero-order valence-electron chi connectivity index (χ0n) is 18.5. The van der Waals surface area contributed by atoms with Gasteiger partial charge in [0.25, 0.3) is 10.0 Å². The van der Waals surface area contributed by atoms with Crippen LogP contribution in [0.2, 0.25) is 5.02 Å². The number of sulfonamides is 1. The molecule has 0 aliphatic heterocycles. The molecule has 0 saturated heterocycles. The van der Waals surface area contributed by atoms with Crippen LogP contribution < -0.4 is 14.8 Å². The number of hydrogen-bond acceptors (Lipinski definition) is 6. The second kappa shape index (κ2) is 10.6. The highest BCUT2D eigenvalue weighted by Gasteiger charge is 2.16. The van der Waals surface area contributed by atoms with E-state index in [0.29, 0.717) is 27.9 Å². The molecule has 174 valence electrons. The van der Waals surface area contributed by atoms with Gasteiger partial charge in [-0.1, -0.05) is 37.6 Å². The summed E-state index contributed by atoms with van der Waals surface area (Å²) in [6.07, 6.45) is 4.08. The highest BCUT2D eigenvalue weighted by Crippen LogP contribution is 2.27. The van der Waals surface area contributed by atoms with Crippen LogP contribution in [0.3, 0.4) is 0 Å². The molecule has 2 aromatic carbocycles. The molecule has 3 aromatic rings. The molecule has 1 aromatic heterocycles. The van der Waals surface area contributed by atoms with E-state index in [0.717, 1.165) is 12.0 Å². The molecule has 1 amide bonds. The van der Waals surface area contributed by atoms with Crippen molar-refractivity contribution >= 4 is 39.2 Å². The fraction of sp³-hybridized carbons (Fsp3) is 0.261. The van der Waals surface area contributed by atoms with Gasteiger partial charge in [-0.25, -0.2) is 23.1 Å². The standard InChI is InChI=1S/C23H25ClN4O4S/c1-15(2)10-17-13-25-23(26-14-17)28-33(30,31)19-7-4-16(5-8-19)11-22(29)27-20-12-18(24)6-9-21(20)32-3/h4-9,12-15H,10-11H2,1-3H3,(H,27,29)(H,25,26,28). The molecular weight excluding hydrogens is 464 g/mol. The summed E-state index contributed by atoms with van der Waals surface area (Å²) in [7, 11) is -2.37. The normalized spacial score (nSPS) is 11.3. The summed E-state index contributed by atoms with van der Waals surface area (Å²) in [5.41, 5.74) is 2.03. The first-order valence-corrected chi connectivity index (χ1v) is 12.1. The lowest BCUT2D eigenvalue weighted by Crippen LogP contribution is -2.16. The van der Waals surface area contributed by atoms with Crippen LogP contribution in [0, 0.1) is 5.92 Å². The Morgan fingerprint density at radius 2 is 1.73 bits per heavy atom. The van der Waals surface area contributed by atoms with Crippen LogP contribution >= 0.6 is 11.6 Å². The fourth-order valence-corrected chi connectivity index (χ4v) is 4.24.